The second kappa shape index (κ2) is 6.80. The summed E-state index contributed by atoms with van der Waals surface area (Å²) in [6, 6.07) is 0. The summed E-state index contributed by atoms with van der Waals surface area (Å²) >= 11 is 0. The van der Waals surface area contributed by atoms with Gasteiger partial charge < -0.3 is 14.9 Å². The largest absolute Gasteiger partial charge is 0.481 e. The number of aliphatic carboxylic acids is 1. The average Bonchev–Trinajstić information content (AvgIpc) is 2.43. The third kappa shape index (κ3) is 4.18. The molecule has 0 aromatic heterocycles. The van der Waals surface area contributed by atoms with Crippen LogP contribution in [0, 0.1) is 5.92 Å². The van der Waals surface area contributed by atoms with Crippen molar-refractivity contribution >= 4 is 5.97 Å². The lowest BCUT2D eigenvalue weighted by Crippen LogP contribution is -2.30. The van der Waals surface area contributed by atoms with E-state index in [9.17, 15) is 4.79 Å². The monoisotopic (exact) mass is 216 g/mol. The van der Waals surface area contributed by atoms with Crippen LogP contribution in [-0.2, 0) is 9.53 Å². The molecule has 88 valence electrons. The molecular formula is C11H20O4. The molecule has 0 radical (unpaired) electrons. The first-order valence-corrected chi connectivity index (χ1v) is 5.71. The van der Waals surface area contributed by atoms with Gasteiger partial charge in [0.15, 0.2) is 0 Å². The fraction of sp³-hybridized carbons (Fsp3) is 0.909. The lowest BCUT2D eigenvalue weighted by atomic mass is 9.97. The number of hydrogen-bond acceptors (Lipinski definition) is 3. The molecule has 0 bridgehead atoms. The molecular weight excluding hydrogens is 196 g/mol. The van der Waals surface area contributed by atoms with E-state index in [2.05, 4.69) is 0 Å². The van der Waals surface area contributed by atoms with E-state index in [0.717, 1.165) is 32.1 Å². The van der Waals surface area contributed by atoms with Crippen molar-refractivity contribution in [3.05, 3.63) is 0 Å². The molecule has 0 heterocycles. The molecule has 15 heavy (non-hydrogen) atoms. The Balaban J connectivity index is 2.43. The molecule has 2 unspecified atom stereocenters. The topological polar surface area (TPSA) is 66.8 Å². The highest BCUT2D eigenvalue weighted by molar-refractivity contribution is 5.70. The van der Waals surface area contributed by atoms with Crippen molar-refractivity contribution < 1.29 is 19.7 Å². The van der Waals surface area contributed by atoms with Crippen molar-refractivity contribution in [1.82, 2.24) is 0 Å². The summed E-state index contributed by atoms with van der Waals surface area (Å²) in [5, 5.41) is 17.7. The van der Waals surface area contributed by atoms with Gasteiger partial charge in [0, 0.05) is 13.2 Å². The van der Waals surface area contributed by atoms with Gasteiger partial charge in [0.2, 0.25) is 0 Å². The SMILES string of the molecule is O=C(O)C1CCCCCC1OCCCO. The van der Waals surface area contributed by atoms with Crippen molar-refractivity contribution in [2.75, 3.05) is 13.2 Å². The second-order valence-corrected chi connectivity index (χ2v) is 4.07. The summed E-state index contributed by atoms with van der Waals surface area (Å²) in [6.45, 7) is 0.565. The Morgan fingerprint density at radius 2 is 2.00 bits per heavy atom. The Labute approximate surface area is 90.2 Å². The van der Waals surface area contributed by atoms with Gasteiger partial charge in [0.25, 0.3) is 0 Å². The van der Waals surface area contributed by atoms with Crippen LogP contribution in [0.1, 0.15) is 38.5 Å². The zero-order chi connectivity index (χ0) is 11.1. The van der Waals surface area contributed by atoms with E-state index in [-0.39, 0.29) is 18.6 Å². The van der Waals surface area contributed by atoms with E-state index in [1.54, 1.807) is 0 Å². The van der Waals surface area contributed by atoms with Gasteiger partial charge in [0.1, 0.15) is 0 Å². The van der Waals surface area contributed by atoms with Crippen LogP contribution in [0.3, 0.4) is 0 Å². The number of carboxylic acids is 1. The smallest absolute Gasteiger partial charge is 0.309 e. The molecule has 4 nitrogen and oxygen atoms in total. The van der Waals surface area contributed by atoms with Gasteiger partial charge in [0.05, 0.1) is 12.0 Å². The minimum atomic E-state index is -0.745. The van der Waals surface area contributed by atoms with Gasteiger partial charge in [-0.05, 0) is 19.3 Å². The molecule has 1 saturated carbocycles. The van der Waals surface area contributed by atoms with E-state index >= 15 is 0 Å². The maximum atomic E-state index is 11.0. The van der Waals surface area contributed by atoms with E-state index in [4.69, 9.17) is 14.9 Å². The Bertz CT molecular complexity index is 193. The standard InChI is InChI=1S/C11H20O4/c12-7-4-8-15-10-6-3-1-2-5-9(10)11(13)14/h9-10,12H,1-8H2,(H,13,14). The molecule has 0 amide bonds. The predicted octanol–water partition coefficient (Wildman–Crippen LogP) is 1.42. The number of aliphatic hydroxyl groups excluding tert-OH is 1. The zero-order valence-electron chi connectivity index (χ0n) is 9.02. The quantitative estimate of drug-likeness (QED) is 0.538. The van der Waals surface area contributed by atoms with Crippen LogP contribution in [-0.4, -0.2) is 35.5 Å². The van der Waals surface area contributed by atoms with Gasteiger partial charge in [-0.3, -0.25) is 4.79 Å². The molecule has 0 spiro atoms. The minimum Gasteiger partial charge on any atom is -0.481 e. The van der Waals surface area contributed by atoms with E-state index in [1.807, 2.05) is 0 Å². The number of hydrogen-bond donors (Lipinski definition) is 2. The number of carbonyl (C=O) groups is 1. The van der Waals surface area contributed by atoms with Crippen LogP contribution in [0.15, 0.2) is 0 Å². The maximum Gasteiger partial charge on any atom is 0.309 e. The number of carboxylic acid groups (broad SMARTS) is 1. The Hall–Kier alpha value is -0.610. The van der Waals surface area contributed by atoms with Crippen LogP contribution < -0.4 is 0 Å². The molecule has 0 saturated heterocycles. The molecule has 1 aliphatic carbocycles. The second-order valence-electron chi connectivity index (χ2n) is 4.07. The highest BCUT2D eigenvalue weighted by Crippen LogP contribution is 2.26. The maximum absolute atomic E-state index is 11.0. The van der Waals surface area contributed by atoms with Gasteiger partial charge >= 0.3 is 5.97 Å². The van der Waals surface area contributed by atoms with E-state index in [1.165, 1.54) is 0 Å². The molecule has 1 fully saturated rings. The summed E-state index contributed by atoms with van der Waals surface area (Å²) < 4.78 is 5.54. The summed E-state index contributed by atoms with van der Waals surface area (Å²) in [4.78, 5) is 11.0. The molecule has 2 atom stereocenters. The lowest BCUT2D eigenvalue weighted by molar-refractivity contribution is -0.148. The van der Waals surface area contributed by atoms with Gasteiger partial charge in [-0.1, -0.05) is 19.3 Å². The molecule has 0 aromatic rings. The number of rotatable bonds is 5. The Morgan fingerprint density at radius 1 is 1.27 bits per heavy atom. The minimum absolute atomic E-state index is 0.102. The molecule has 0 aliphatic heterocycles. The molecule has 4 heteroatoms. The third-order valence-electron chi connectivity index (χ3n) is 2.90. The third-order valence-corrected chi connectivity index (χ3v) is 2.90. The fourth-order valence-corrected chi connectivity index (χ4v) is 2.05. The first-order chi connectivity index (χ1) is 7.25. The highest BCUT2D eigenvalue weighted by atomic mass is 16.5. The first-order valence-electron chi connectivity index (χ1n) is 5.71. The van der Waals surface area contributed by atoms with Gasteiger partial charge in [-0.15, -0.1) is 0 Å². The van der Waals surface area contributed by atoms with Crippen molar-refractivity contribution in [1.29, 1.82) is 0 Å². The van der Waals surface area contributed by atoms with Crippen molar-refractivity contribution in [2.24, 2.45) is 5.92 Å². The van der Waals surface area contributed by atoms with E-state index in [0.29, 0.717) is 13.0 Å². The van der Waals surface area contributed by atoms with Crippen LogP contribution in [0.25, 0.3) is 0 Å². The van der Waals surface area contributed by atoms with Crippen LogP contribution >= 0.6 is 0 Å². The van der Waals surface area contributed by atoms with E-state index < -0.39 is 5.97 Å². The van der Waals surface area contributed by atoms with Crippen LogP contribution in [0.2, 0.25) is 0 Å². The molecule has 1 aliphatic rings. The normalized spacial score (nSPS) is 27.3. The summed E-state index contributed by atoms with van der Waals surface area (Å²) in [7, 11) is 0. The molecule has 0 aromatic carbocycles. The number of ether oxygens (including phenoxy) is 1. The summed E-state index contributed by atoms with van der Waals surface area (Å²) in [5.74, 6) is -1.10. The molecule has 2 N–H and O–H groups in total. The highest BCUT2D eigenvalue weighted by Gasteiger charge is 2.29. The zero-order valence-corrected chi connectivity index (χ0v) is 9.02. The van der Waals surface area contributed by atoms with Crippen LogP contribution in [0.4, 0.5) is 0 Å². The number of aliphatic hydroxyl groups is 1. The van der Waals surface area contributed by atoms with Crippen molar-refractivity contribution in [2.45, 2.75) is 44.6 Å². The summed E-state index contributed by atoms with van der Waals surface area (Å²) in [6.07, 6.45) is 5.12. The average molecular weight is 216 g/mol. The van der Waals surface area contributed by atoms with Crippen LogP contribution in [0.5, 0.6) is 0 Å². The van der Waals surface area contributed by atoms with Gasteiger partial charge in [-0.25, -0.2) is 0 Å². The fourth-order valence-electron chi connectivity index (χ4n) is 2.05. The van der Waals surface area contributed by atoms with Gasteiger partial charge in [-0.2, -0.15) is 0 Å². The summed E-state index contributed by atoms with van der Waals surface area (Å²) in [5.41, 5.74) is 0. The van der Waals surface area contributed by atoms with Crippen molar-refractivity contribution in [3.63, 3.8) is 0 Å². The Kier molecular flexibility index (Phi) is 5.65. The predicted molar refractivity (Wildman–Crippen MR) is 55.7 cm³/mol. The Morgan fingerprint density at radius 3 is 2.67 bits per heavy atom. The first kappa shape index (κ1) is 12.5. The molecule has 1 rings (SSSR count). The van der Waals surface area contributed by atoms with Crippen molar-refractivity contribution in [3.8, 4) is 0 Å². The lowest BCUT2D eigenvalue weighted by Gasteiger charge is -2.21.